The molecule has 1 saturated heterocycles. The van der Waals surface area contributed by atoms with Crippen molar-refractivity contribution in [2.24, 2.45) is 5.92 Å². The van der Waals surface area contributed by atoms with Crippen molar-refractivity contribution in [3.05, 3.63) is 29.8 Å². The lowest BCUT2D eigenvalue weighted by molar-refractivity contribution is -0.135. The zero-order chi connectivity index (χ0) is 17.4. The quantitative estimate of drug-likeness (QED) is 0.835. The number of hydrogen-bond acceptors (Lipinski definition) is 3. The third kappa shape index (κ3) is 4.98. The van der Waals surface area contributed by atoms with Gasteiger partial charge in [-0.25, -0.2) is 0 Å². The summed E-state index contributed by atoms with van der Waals surface area (Å²) >= 11 is 0. The Hall–Kier alpha value is -2.04. The van der Waals surface area contributed by atoms with Crippen LogP contribution in [0.3, 0.4) is 0 Å². The van der Waals surface area contributed by atoms with E-state index in [9.17, 15) is 9.59 Å². The first-order valence-corrected chi connectivity index (χ1v) is 8.83. The first-order valence-electron chi connectivity index (χ1n) is 8.83. The largest absolute Gasteiger partial charge is 0.496 e. The maximum Gasteiger partial charge on any atom is 0.223 e. The minimum atomic E-state index is -0.00469. The van der Waals surface area contributed by atoms with Crippen molar-refractivity contribution in [3.63, 3.8) is 0 Å². The van der Waals surface area contributed by atoms with Crippen LogP contribution in [0.15, 0.2) is 24.3 Å². The molecule has 5 heteroatoms. The number of rotatable bonds is 7. The topological polar surface area (TPSA) is 58.6 Å². The molecule has 0 unspecified atom stereocenters. The van der Waals surface area contributed by atoms with E-state index in [-0.39, 0.29) is 17.7 Å². The summed E-state index contributed by atoms with van der Waals surface area (Å²) in [5, 5.41) is 3.00. The number of nitrogens with zero attached hydrogens (tertiary/aromatic N) is 1. The van der Waals surface area contributed by atoms with Crippen LogP contribution in [-0.4, -0.2) is 36.9 Å². The van der Waals surface area contributed by atoms with E-state index in [1.807, 2.05) is 29.2 Å². The maximum absolute atomic E-state index is 12.4. The van der Waals surface area contributed by atoms with Gasteiger partial charge in [-0.05, 0) is 25.3 Å². The molecule has 132 valence electrons. The van der Waals surface area contributed by atoms with Crippen LogP contribution in [0.4, 0.5) is 0 Å². The molecule has 1 aromatic rings. The number of piperidine rings is 1. The van der Waals surface area contributed by atoms with Crippen LogP contribution < -0.4 is 10.1 Å². The molecule has 24 heavy (non-hydrogen) atoms. The predicted octanol–water partition coefficient (Wildman–Crippen LogP) is 2.74. The number of para-hydroxylation sites is 1. The smallest absolute Gasteiger partial charge is 0.223 e. The van der Waals surface area contributed by atoms with E-state index < -0.39 is 0 Å². The van der Waals surface area contributed by atoms with Crippen LogP contribution in [0.2, 0.25) is 0 Å². The molecular weight excluding hydrogens is 304 g/mol. The number of carbonyl (C=O) groups is 2. The lowest BCUT2D eigenvalue weighted by Gasteiger charge is -2.31. The van der Waals surface area contributed by atoms with Crippen molar-refractivity contribution in [1.82, 2.24) is 10.2 Å². The van der Waals surface area contributed by atoms with Gasteiger partial charge in [-0.15, -0.1) is 0 Å². The first-order chi connectivity index (χ1) is 11.7. The van der Waals surface area contributed by atoms with Crippen LogP contribution in [0, 0.1) is 5.92 Å². The van der Waals surface area contributed by atoms with Crippen molar-refractivity contribution in [2.45, 2.75) is 45.6 Å². The van der Waals surface area contributed by atoms with Gasteiger partial charge in [0.1, 0.15) is 5.75 Å². The number of unbranched alkanes of at least 4 members (excludes halogenated alkanes) is 1. The second-order valence-corrected chi connectivity index (χ2v) is 6.29. The standard InChI is InChI=1S/C19H28N2O3/c1-3-4-9-18(22)21-12-10-15(11-13-21)19(23)20-14-16-7-5-6-8-17(16)24-2/h5-8,15H,3-4,9-14H2,1-2H3,(H,20,23). The van der Waals surface area contributed by atoms with Crippen LogP contribution in [-0.2, 0) is 16.1 Å². The Labute approximate surface area is 144 Å². The number of carbonyl (C=O) groups excluding carboxylic acids is 2. The van der Waals surface area contributed by atoms with E-state index in [0.717, 1.165) is 37.0 Å². The fraction of sp³-hybridized carbons (Fsp3) is 0.579. The minimum absolute atomic E-state index is 0.00469. The Kier molecular flexibility index (Phi) is 7.09. The molecule has 0 bridgehead atoms. The lowest BCUT2D eigenvalue weighted by Crippen LogP contribution is -2.42. The lowest BCUT2D eigenvalue weighted by atomic mass is 9.95. The third-order valence-electron chi connectivity index (χ3n) is 4.61. The van der Waals surface area contributed by atoms with Gasteiger partial charge in [0.2, 0.25) is 11.8 Å². The SMILES string of the molecule is CCCCC(=O)N1CCC(C(=O)NCc2ccccc2OC)CC1. The molecule has 0 spiro atoms. The number of likely N-dealkylation sites (tertiary alicyclic amines) is 1. The van der Waals surface area contributed by atoms with Crippen LogP contribution in [0.25, 0.3) is 0 Å². The molecule has 1 aliphatic heterocycles. The minimum Gasteiger partial charge on any atom is -0.496 e. The van der Waals surface area contributed by atoms with E-state index in [1.54, 1.807) is 7.11 Å². The van der Waals surface area contributed by atoms with Crippen molar-refractivity contribution in [3.8, 4) is 5.75 Å². The van der Waals surface area contributed by atoms with E-state index >= 15 is 0 Å². The van der Waals surface area contributed by atoms with Crippen LogP contribution in [0.1, 0.15) is 44.6 Å². The Bertz CT molecular complexity index is 551. The van der Waals surface area contributed by atoms with E-state index in [1.165, 1.54) is 0 Å². The van der Waals surface area contributed by atoms with Crippen molar-refractivity contribution >= 4 is 11.8 Å². The van der Waals surface area contributed by atoms with Crippen molar-refractivity contribution < 1.29 is 14.3 Å². The number of amides is 2. The van der Waals surface area contributed by atoms with Gasteiger partial charge < -0.3 is 15.0 Å². The number of ether oxygens (including phenoxy) is 1. The summed E-state index contributed by atoms with van der Waals surface area (Å²) in [4.78, 5) is 26.3. The summed E-state index contributed by atoms with van der Waals surface area (Å²) in [6.45, 7) is 3.94. The van der Waals surface area contributed by atoms with Crippen LogP contribution >= 0.6 is 0 Å². The van der Waals surface area contributed by atoms with Crippen molar-refractivity contribution in [1.29, 1.82) is 0 Å². The third-order valence-corrected chi connectivity index (χ3v) is 4.61. The molecule has 1 aromatic carbocycles. The molecule has 1 fully saturated rings. The van der Waals surface area contributed by atoms with Crippen molar-refractivity contribution in [2.75, 3.05) is 20.2 Å². The predicted molar refractivity (Wildman–Crippen MR) is 93.7 cm³/mol. The molecular formula is C19H28N2O3. The Morgan fingerprint density at radius 1 is 1.25 bits per heavy atom. The first kappa shape index (κ1) is 18.3. The average molecular weight is 332 g/mol. The van der Waals surface area contributed by atoms with Gasteiger partial charge in [0, 0.05) is 37.5 Å². The van der Waals surface area contributed by atoms with Gasteiger partial charge in [-0.2, -0.15) is 0 Å². The van der Waals surface area contributed by atoms with E-state index in [0.29, 0.717) is 26.1 Å². The summed E-state index contributed by atoms with van der Waals surface area (Å²) in [5.41, 5.74) is 0.973. The molecule has 5 nitrogen and oxygen atoms in total. The molecule has 1 aliphatic rings. The molecule has 0 atom stereocenters. The summed E-state index contributed by atoms with van der Waals surface area (Å²) in [7, 11) is 1.63. The fourth-order valence-corrected chi connectivity index (χ4v) is 3.05. The van der Waals surface area contributed by atoms with Gasteiger partial charge in [-0.1, -0.05) is 31.5 Å². The highest BCUT2D eigenvalue weighted by Gasteiger charge is 2.26. The second kappa shape index (κ2) is 9.30. The number of nitrogens with one attached hydrogen (secondary N) is 1. The molecule has 0 aromatic heterocycles. The zero-order valence-corrected chi connectivity index (χ0v) is 14.7. The summed E-state index contributed by atoms with van der Waals surface area (Å²) in [6, 6.07) is 7.69. The van der Waals surface area contributed by atoms with Crippen LogP contribution in [0.5, 0.6) is 5.75 Å². The molecule has 0 radical (unpaired) electrons. The Morgan fingerprint density at radius 2 is 1.96 bits per heavy atom. The molecule has 1 heterocycles. The Morgan fingerprint density at radius 3 is 2.62 bits per heavy atom. The highest BCUT2D eigenvalue weighted by molar-refractivity contribution is 5.80. The summed E-state index contributed by atoms with van der Waals surface area (Å²) < 4.78 is 5.30. The molecule has 2 rings (SSSR count). The molecule has 0 aliphatic carbocycles. The number of hydrogen-bond donors (Lipinski definition) is 1. The van der Waals surface area contributed by atoms with Gasteiger partial charge in [0.25, 0.3) is 0 Å². The van der Waals surface area contributed by atoms with E-state index in [4.69, 9.17) is 4.74 Å². The Balaban J connectivity index is 1.77. The molecule has 1 N–H and O–H groups in total. The van der Waals surface area contributed by atoms with Gasteiger partial charge in [-0.3, -0.25) is 9.59 Å². The summed E-state index contributed by atoms with van der Waals surface area (Å²) in [5.74, 6) is 1.08. The molecule has 2 amide bonds. The average Bonchev–Trinajstić information content (AvgIpc) is 2.64. The van der Waals surface area contributed by atoms with E-state index in [2.05, 4.69) is 12.2 Å². The number of methoxy groups -OCH3 is 1. The highest BCUT2D eigenvalue weighted by Crippen LogP contribution is 2.20. The van der Waals surface area contributed by atoms with Gasteiger partial charge in [0.05, 0.1) is 7.11 Å². The maximum atomic E-state index is 12.4. The highest BCUT2D eigenvalue weighted by atomic mass is 16.5. The summed E-state index contributed by atoms with van der Waals surface area (Å²) in [6.07, 6.45) is 4.10. The molecule has 0 saturated carbocycles. The number of benzene rings is 1. The fourth-order valence-electron chi connectivity index (χ4n) is 3.05. The van der Waals surface area contributed by atoms with Gasteiger partial charge >= 0.3 is 0 Å². The van der Waals surface area contributed by atoms with Gasteiger partial charge in [0.15, 0.2) is 0 Å². The zero-order valence-electron chi connectivity index (χ0n) is 14.7. The normalized spacial score (nSPS) is 15.2. The monoisotopic (exact) mass is 332 g/mol. The second-order valence-electron chi connectivity index (χ2n) is 6.29.